The molecule has 17 heavy (non-hydrogen) atoms. The molecule has 0 bridgehead atoms. The smallest absolute Gasteiger partial charge is 0.326 e. The average Bonchev–Trinajstić information content (AvgIpc) is 2.28. The Hall–Kier alpha value is -1.84. The Balaban J connectivity index is 2.73. The molecule has 0 fully saturated rings. The molecule has 0 saturated carbocycles. The van der Waals surface area contributed by atoms with Crippen LogP contribution >= 0.6 is 0 Å². The second-order valence-electron chi connectivity index (χ2n) is 4.02. The van der Waals surface area contributed by atoms with Gasteiger partial charge in [0.25, 0.3) is 5.91 Å². The number of rotatable bonds is 5. The van der Waals surface area contributed by atoms with Gasteiger partial charge >= 0.3 is 5.97 Å². The monoisotopic (exact) mass is 235 g/mol. The van der Waals surface area contributed by atoms with Crippen LogP contribution in [-0.2, 0) is 4.79 Å². The zero-order chi connectivity index (χ0) is 12.8. The van der Waals surface area contributed by atoms with Crippen molar-refractivity contribution in [1.29, 1.82) is 0 Å². The van der Waals surface area contributed by atoms with E-state index in [-0.39, 0.29) is 5.91 Å². The molecule has 0 unspecified atom stereocenters. The van der Waals surface area contributed by atoms with Gasteiger partial charge in [0.15, 0.2) is 0 Å². The van der Waals surface area contributed by atoms with Crippen molar-refractivity contribution in [1.82, 2.24) is 5.32 Å². The lowest BCUT2D eigenvalue weighted by Crippen LogP contribution is -2.40. The van der Waals surface area contributed by atoms with Crippen molar-refractivity contribution in [3.05, 3.63) is 35.4 Å². The Bertz CT molecular complexity index is 415. The molecule has 1 aromatic rings. The summed E-state index contributed by atoms with van der Waals surface area (Å²) in [5.74, 6) is -1.33. The van der Waals surface area contributed by atoms with Gasteiger partial charge in [0.05, 0.1) is 0 Å². The van der Waals surface area contributed by atoms with Gasteiger partial charge in [-0.15, -0.1) is 0 Å². The molecule has 1 rings (SSSR count). The number of aliphatic carboxylic acids is 1. The molecule has 0 aliphatic carbocycles. The molecule has 0 aliphatic rings. The van der Waals surface area contributed by atoms with Crippen LogP contribution in [0.3, 0.4) is 0 Å². The van der Waals surface area contributed by atoms with Crippen LogP contribution in [0.5, 0.6) is 0 Å². The highest BCUT2D eigenvalue weighted by Gasteiger charge is 2.19. The molecule has 2 N–H and O–H groups in total. The minimum absolute atomic E-state index is 0.338. The topological polar surface area (TPSA) is 66.4 Å². The molecule has 92 valence electrons. The zero-order valence-electron chi connectivity index (χ0n) is 10.1. The quantitative estimate of drug-likeness (QED) is 0.820. The molecule has 1 atom stereocenters. The summed E-state index contributed by atoms with van der Waals surface area (Å²) in [6, 6.07) is 6.26. The van der Waals surface area contributed by atoms with Crippen LogP contribution in [0.4, 0.5) is 0 Å². The molecular weight excluding hydrogens is 218 g/mol. The molecule has 4 heteroatoms. The van der Waals surface area contributed by atoms with E-state index >= 15 is 0 Å². The number of amides is 1. The van der Waals surface area contributed by atoms with E-state index in [1.165, 1.54) is 0 Å². The maximum absolute atomic E-state index is 11.8. The van der Waals surface area contributed by atoms with Gasteiger partial charge in [-0.05, 0) is 25.5 Å². The molecule has 0 radical (unpaired) electrons. The van der Waals surface area contributed by atoms with Crippen molar-refractivity contribution in [2.24, 2.45) is 0 Å². The van der Waals surface area contributed by atoms with E-state index < -0.39 is 12.0 Å². The first-order valence-corrected chi connectivity index (χ1v) is 5.65. The molecule has 4 nitrogen and oxygen atoms in total. The molecule has 1 aromatic carbocycles. The molecular formula is C13H17NO3. The lowest BCUT2D eigenvalue weighted by atomic mass is 10.1. The number of carboxylic acid groups (broad SMARTS) is 1. The van der Waals surface area contributed by atoms with Crippen LogP contribution in [0.1, 0.15) is 35.7 Å². The maximum atomic E-state index is 11.8. The summed E-state index contributed by atoms with van der Waals surface area (Å²) in [6.07, 6.45) is 1.15. The largest absolute Gasteiger partial charge is 0.480 e. The highest BCUT2D eigenvalue weighted by Crippen LogP contribution is 2.05. The molecule has 0 spiro atoms. The van der Waals surface area contributed by atoms with E-state index in [1.54, 1.807) is 18.2 Å². The number of hydrogen-bond acceptors (Lipinski definition) is 2. The molecule has 1 amide bonds. The first-order chi connectivity index (χ1) is 8.04. The van der Waals surface area contributed by atoms with Crippen molar-refractivity contribution >= 4 is 11.9 Å². The van der Waals surface area contributed by atoms with Gasteiger partial charge in [-0.2, -0.15) is 0 Å². The third kappa shape index (κ3) is 3.90. The van der Waals surface area contributed by atoms with Crippen LogP contribution in [-0.4, -0.2) is 23.0 Å². The number of benzene rings is 1. The van der Waals surface area contributed by atoms with Crippen LogP contribution < -0.4 is 5.32 Å². The third-order valence-electron chi connectivity index (χ3n) is 2.46. The molecule has 0 heterocycles. The average molecular weight is 235 g/mol. The van der Waals surface area contributed by atoms with E-state index in [0.29, 0.717) is 18.4 Å². The van der Waals surface area contributed by atoms with Crippen LogP contribution in [0.15, 0.2) is 24.3 Å². The summed E-state index contributed by atoms with van der Waals surface area (Å²) >= 11 is 0. The van der Waals surface area contributed by atoms with E-state index in [2.05, 4.69) is 5.32 Å². The van der Waals surface area contributed by atoms with E-state index in [4.69, 9.17) is 5.11 Å². The van der Waals surface area contributed by atoms with Gasteiger partial charge < -0.3 is 10.4 Å². The zero-order valence-corrected chi connectivity index (χ0v) is 10.1. The molecule has 0 saturated heterocycles. The number of aryl methyl sites for hydroxylation is 1. The number of carboxylic acids is 1. The van der Waals surface area contributed by atoms with Gasteiger partial charge in [-0.25, -0.2) is 4.79 Å². The number of hydrogen-bond donors (Lipinski definition) is 2. The first kappa shape index (κ1) is 13.2. The first-order valence-electron chi connectivity index (χ1n) is 5.65. The second-order valence-corrected chi connectivity index (χ2v) is 4.02. The van der Waals surface area contributed by atoms with E-state index in [0.717, 1.165) is 5.56 Å². The lowest BCUT2D eigenvalue weighted by molar-refractivity contribution is -0.139. The Labute approximate surface area is 101 Å². The minimum Gasteiger partial charge on any atom is -0.480 e. The Kier molecular flexibility index (Phi) is 4.69. The van der Waals surface area contributed by atoms with E-state index in [9.17, 15) is 9.59 Å². The lowest BCUT2D eigenvalue weighted by Gasteiger charge is -2.13. The van der Waals surface area contributed by atoms with Gasteiger partial charge in [0.1, 0.15) is 6.04 Å². The number of carbonyl (C=O) groups is 2. The SMILES string of the molecule is CCC[C@@H](NC(=O)c1cccc(C)c1)C(=O)O. The predicted octanol–water partition coefficient (Wildman–Crippen LogP) is 1.98. The van der Waals surface area contributed by atoms with Gasteiger partial charge in [0, 0.05) is 5.56 Å². The van der Waals surface area contributed by atoms with Crippen LogP contribution in [0.2, 0.25) is 0 Å². The third-order valence-corrected chi connectivity index (χ3v) is 2.46. The fraction of sp³-hybridized carbons (Fsp3) is 0.385. The Morgan fingerprint density at radius 3 is 2.65 bits per heavy atom. The van der Waals surface area contributed by atoms with Crippen molar-refractivity contribution in [2.45, 2.75) is 32.7 Å². The fourth-order valence-corrected chi connectivity index (χ4v) is 1.57. The number of nitrogens with one attached hydrogen (secondary N) is 1. The van der Waals surface area contributed by atoms with Crippen molar-refractivity contribution in [2.75, 3.05) is 0 Å². The summed E-state index contributed by atoms with van der Waals surface area (Å²) in [5.41, 5.74) is 1.47. The fourth-order valence-electron chi connectivity index (χ4n) is 1.57. The Morgan fingerprint density at radius 1 is 1.41 bits per heavy atom. The van der Waals surface area contributed by atoms with E-state index in [1.807, 2.05) is 19.9 Å². The van der Waals surface area contributed by atoms with Gasteiger partial charge in [-0.3, -0.25) is 4.79 Å². The predicted molar refractivity (Wildman–Crippen MR) is 65.0 cm³/mol. The highest BCUT2D eigenvalue weighted by atomic mass is 16.4. The van der Waals surface area contributed by atoms with Crippen molar-refractivity contribution in [3.63, 3.8) is 0 Å². The van der Waals surface area contributed by atoms with Gasteiger partial charge in [0.2, 0.25) is 0 Å². The molecule has 0 aliphatic heterocycles. The normalized spacial score (nSPS) is 11.9. The van der Waals surface area contributed by atoms with Crippen molar-refractivity contribution in [3.8, 4) is 0 Å². The molecule has 0 aromatic heterocycles. The summed E-state index contributed by atoms with van der Waals surface area (Å²) in [4.78, 5) is 22.7. The van der Waals surface area contributed by atoms with Gasteiger partial charge in [-0.1, -0.05) is 31.0 Å². The standard InChI is InChI=1S/C13H17NO3/c1-3-5-11(13(16)17)14-12(15)10-7-4-6-9(2)8-10/h4,6-8,11H,3,5H2,1-2H3,(H,14,15)(H,16,17)/t11-/m1/s1. The summed E-state index contributed by atoms with van der Waals surface area (Å²) in [7, 11) is 0. The number of carbonyl (C=O) groups excluding carboxylic acids is 1. The summed E-state index contributed by atoms with van der Waals surface area (Å²) in [5, 5.41) is 11.5. The Morgan fingerprint density at radius 2 is 2.12 bits per heavy atom. The summed E-state index contributed by atoms with van der Waals surface area (Å²) < 4.78 is 0. The highest BCUT2D eigenvalue weighted by molar-refractivity contribution is 5.96. The minimum atomic E-state index is -0.993. The summed E-state index contributed by atoms with van der Waals surface area (Å²) in [6.45, 7) is 3.77. The van der Waals surface area contributed by atoms with Crippen LogP contribution in [0.25, 0.3) is 0 Å². The van der Waals surface area contributed by atoms with Crippen molar-refractivity contribution < 1.29 is 14.7 Å². The van der Waals surface area contributed by atoms with Crippen LogP contribution in [0, 0.1) is 6.92 Å². The maximum Gasteiger partial charge on any atom is 0.326 e. The second kappa shape index (κ2) is 6.03.